The predicted octanol–water partition coefficient (Wildman–Crippen LogP) is 2.22. The van der Waals surface area contributed by atoms with Crippen LogP contribution in [0.1, 0.15) is 12.0 Å². The van der Waals surface area contributed by atoms with Gasteiger partial charge in [-0.3, -0.25) is 0 Å². The molecule has 0 radical (unpaired) electrons. The summed E-state index contributed by atoms with van der Waals surface area (Å²) < 4.78 is 32.5. The SMILES string of the molecule is NCC1(C2COc3ccccc3C2)CC1(F)F. The Morgan fingerprint density at radius 1 is 1.35 bits per heavy atom. The summed E-state index contributed by atoms with van der Waals surface area (Å²) in [5.74, 6) is -1.96. The number of para-hydroxylation sites is 1. The van der Waals surface area contributed by atoms with Crippen LogP contribution in [0, 0.1) is 11.3 Å². The lowest BCUT2D eigenvalue weighted by Gasteiger charge is -2.31. The molecule has 0 aromatic heterocycles. The molecule has 2 nitrogen and oxygen atoms in total. The maximum atomic E-state index is 13.5. The van der Waals surface area contributed by atoms with Crippen LogP contribution in [0.25, 0.3) is 0 Å². The first kappa shape index (κ1) is 11.0. The van der Waals surface area contributed by atoms with Crippen LogP contribution in [-0.4, -0.2) is 19.1 Å². The summed E-state index contributed by atoms with van der Waals surface area (Å²) in [5, 5.41) is 0. The number of halogens is 2. The molecule has 0 amide bonds. The Hall–Kier alpha value is -1.16. The van der Waals surface area contributed by atoms with E-state index in [0.717, 1.165) is 11.3 Å². The van der Waals surface area contributed by atoms with Crippen molar-refractivity contribution in [1.82, 2.24) is 0 Å². The number of nitrogens with two attached hydrogens (primary N) is 1. The Balaban J connectivity index is 1.86. The Bertz CT molecular complexity index is 449. The van der Waals surface area contributed by atoms with Crippen molar-refractivity contribution in [3.05, 3.63) is 29.8 Å². The van der Waals surface area contributed by atoms with Crippen LogP contribution in [-0.2, 0) is 6.42 Å². The van der Waals surface area contributed by atoms with Crippen LogP contribution in [0.4, 0.5) is 8.78 Å². The number of hydrogen-bond donors (Lipinski definition) is 1. The predicted molar refractivity (Wildman–Crippen MR) is 60.2 cm³/mol. The number of hydrogen-bond acceptors (Lipinski definition) is 2. The minimum atomic E-state index is -2.61. The Kier molecular flexibility index (Phi) is 2.20. The minimum Gasteiger partial charge on any atom is -0.493 e. The first-order valence-corrected chi connectivity index (χ1v) is 5.88. The number of rotatable bonds is 2. The van der Waals surface area contributed by atoms with Gasteiger partial charge in [-0.1, -0.05) is 18.2 Å². The lowest BCUT2D eigenvalue weighted by molar-refractivity contribution is 0.0241. The summed E-state index contributed by atoms with van der Waals surface area (Å²) >= 11 is 0. The maximum absolute atomic E-state index is 13.5. The van der Waals surface area contributed by atoms with E-state index >= 15 is 0 Å². The third kappa shape index (κ3) is 1.47. The molecule has 2 N–H and O–H groups in total. The van der Waals surface area contributed by atoms with Gasteiger partial charge in [0.15, 0.2) is 0 Å². The summed E-state index contributed by atoms with van der Waals surface area (Å²) in [7, 11) is 0. The van der Waals surface area contributed by atoms with Gasteiger partial charge < -0.3 is 10.5 Å². The van der Waals surface area contributed by atoms with Gasteiger partial charge in [0.25, 0.3) is 5.92 Å². The molecule has 1 aliphatic heterocycles. The zero-order valence-electron chi connectivity index (χ0n) is 9.46. The van der Waals surface area contributed by atoms with Crippen molar-refractivity contribution in [1.29, 1.82) is 0 Å². The summed E-state index contributed by atoms with van der Waals surface area (Å²) in [4.78, 5) is 0. The molecule has 92 valence electrons. The van der Waals surface area contributed by atoms with Gasteiger partial charge in [-0.25, -0.2) is 8.78 Å². The highest BCUT2D eigenvalue weighted by Crippen LogP contribution is 2.65. The minimum absolute atomic E-state index is 0.0379. The van der Waals surface area contributed by atoms with Crippen LogP contribution < -0.4 is 10.5 Å². The van der Waals surface area contributed by atoms with Gasteiger partial charge in [-0.2, -0.15) is 0 Å². The lowest BCUT2D eigenvalue weighted by atomic mass is 9.82. The molecule has 0 spiro atoms. The number of ether oxygens (including phenoxy) is 1. The standard InChI is InChI=1S/C13H15F2NO/c14-13(15)7-12(13,8-16)10-5-9-3-1-2-4-11(9)17-6-10/h1-4,10H,5-8,16H2. The van der Waals surface area contributed by atoms with Crippen molar-refractivity contribution < 1.29 is 13.5 Å². The monoisotopic (exact) mass is 239 g/mol. The van der Waals surface area contributed by atoms with Gasteiger partial charge in [-0.15, -0.1) is 0 Å². The molecule has 1 aliphatic carbocycles. The van der Waals surface area contributed by atoms with Crippen molar-refractivity contribution in [2.24, 2.45) is 17.1 Å². The van der Waals surface area contributed by atoms with E-state index in [-0.39, 0.29) is 18.9 Å². The normalized spacial score (nSPS) is 33.7. The van der Waals surface area contributed by atoms with Gasteiger partial charge in [-0.05, 0) is 18.1 Å². The van der Waals surface area contributed by atoms with Gasteiger partial charge in [0.1, 0.15) is 5.75 Å². The average molecular weight is 239 g/mol. The van der Waals surface area contributed by atoms with Crippen LogP contribution in [0.2, 0.25) is 0 Å². The van der Waals surface area contributed by atoms with E-state index in [1.165, 1.54) is 0 Å². The Morgan fingerprint density at radius 3 is 2.71 bits per heavy atom. The van der Waals surface area contributed by atoms with Crippen LogP contribution >= 0.6 is 0 Å². The third-order valence-corrected chi connectivity index (χ3v) is 4.17. The van der Waals surface area contributed by atoms with Crippen molar-refractivity contribution in [2.45, 2.75) is 18.8 Å². The zero-order chi connectivity index (χ0) is 12.1. The highest BCUT2D eigenvalue weighted by Gasteiger charge is 2.73. The summed E-state index contributed by atoms with van der Waals surface area (Å²) in [6.45, 7) is 0.389. The summed E-state index contributed by atoms with van der Waals surface area (Å²) in [6.07, 6.45) is 0.551. The topological polar surface area (TPSA) is 35.2 Å². The van der Waals surface area contributed by atoms with Crippen molar-refractivity contribution in [3.63, 3.8) is 0 Å². The van der Waals surface area contributed by atoms with E-state index in [0.29, 0.717) is 13.0 Å². The quantitative estimate of drug-likeness (QED) is 0.858. The summed E-state index contributed by atoms with van der Waals surface area (Å²) in [5.41, 5.74) is 5.55. The van der Waals surface area contributed by atoms with Crippen molar-refractivity contribution in [2.75, 3.05) is 13.2 Å². The van der Waals surface area contributed by atoms with E-state index < -0.39 is 11.3 Å². The smallest absolute Gasteiger partial charge is 0.256 e. The number of benzene rings is 1. The molecule has 1 heterocycles. The van der Waals surface area contributed by atoms with Gasteiger partial charge in [0.05, 0.1) is 12.0 Å². The maximum Gasteiger partial charge on any atom is 0.256 e. The van der Waals surface area contributed by atoms with Gasteiger partial charge >= 0.3 is 0 Å². The van der Waals surface area contributed by atoms with Crippen LogP contribution in [0.5, 0.6) is 5.75 Å². The molecule has 2 aliphatic rings. The molecular weight excluding hydrogens is 224 g/mol. The molecule has 1 fully saturated rings. The van der Waals surface area contributed by atoms with E-state index in [1.807, 2.05) is 24.3 Å². The molecule has 2 unspecified atom stereocenters. The highest BCUT2D eigenvalue weighted by atomic mass is 19.3. The van der Waals surface area contributed by atoms with Crippen molar-refractivity contribution >= 4 is 0 Å². The molecule has 17 heavy (non-hydrogen) atoms. The largest absolute Gasteiger partial charge is 0.493 e. The average Bonchev–Trinajstić information content (AvgIpc) is 2.92. The molecule has 1 saturated carbocycles. The van der Waals surface area contributed by atoms with Gasteiger partial charge in [0.2, 0.25) is 0 Å². The first-order chi connectivity index (χ1) is 8.09. The Morgan fingerprint density at radius 2 is 2.06 bits per heavy atom. The zero-order valence-corrected chi connectivity index (χ0v) is 9.46. The van der Waals surface area contributed by atoms with Crippen LogP contribution in [0.15, 0.2) is 24.3 Å². The van der Waals surface area contributed by atoms with E-state index in [1.54, 1.807) is 0 Å². The molecule has 1 aromatic rings. The van der Waals surface area contributed by atoms with E-state index in [4.69, 9.17) is 10.5 Å². The van der Waals surface area contributed by atoms with Gasteiger partial charge in [0, 0.05) is 18.9 Å². The van der Waals surface area contributed by atoms with Crippen LogP contribution in [0.3, 0.4) is 0 Å². The fourth-order valence-electron chi connectivity index (χ4n) is 2.87. The number of fused-ring (bicyclic) bond motifs is 1. The highest BCUT2D eigenvalue weighted by molar-refractivity contribution is 5.36. The first-order valence-electron chi connectivity index (χ1n) is 5.88. The second kappa shape index (κ2) is 3.42. The Labute approximate surface area is 98.8 Å². The molecular formula is C13H15F2NO. The van der Waals surface area contributed by atoms with E-state index in [9.17, 15) is 8.78 Å². The third-order valence-electron chi connectivity index (χ3n) is 4.17. The lowest BCUT2D eigenvalue weighted by Crippen LogP contribution is -2.37. The van der Waals surface area contributed by atoms with E-state index in [2.05, 4.69) is 0 Å². The molecule has 0 bridgehead atoms. The molecule has 4 heteroatoms. The molecule has 0 saturated heterocycles. The number of alkyl halides is 2. The fourth-order valence-corrected chi connectivity index (χ4v) is 2.87. The molecule has 1 aromatic carbocycles. The summed E-state index contributed by atoms with van der Waals surface area (Å²) in [6, 6.07) is 7.62. The molecule has 3 rings (SSSR count). The van der Waals surface area contributed by atoms with Crippen molar-refractivity contribution in [3.8, 4) is 5.75 Å². The molecule has 2 atom stereocenters. The fraction of sp³-hybridized carbons (Fsp3) is 0.538. The second-order valence-corrected chi connectivity index (χ2v) is 5.06. The second-order valence-electron chi connectivity index (χ2n) is 5.06.